The minimum atomic E-state index is 0.553. The minimum Gasteiger partial charge on any atom is -0.361 e. The Balaban J connectivity index is 2.42. The Morgan fingerprint density at radius 2 is 1.84 bits per heavy atom. The van der Waals surface area contributed by atoms with Crippen molar-refractivity contribution in [1.29, 1.82) is 0 Å². The molecule has 0 heterocycles. The van der Waals surface area contributed by atoms with Gasteiger partial charge in [0.25, 0.3) is 0 Å². The molecule has 0 saturated carbocycles. The van der Waals surface area contributed by atoms with Gasteiger partial charge >= 0.3 is 0 Å². The summed E-state index contributed by atoms with van der Waals surface area (Å²) in [7, 11) is 0. The molecule has 0 aromatic heterocycles. The summed E-state index contributed by atoms with van der Waals surface area (Å²) in [4.78, 5) is 0. The SMILES string of the molecule is CC(C)CNC(=S)N/N=C/c1ccc(C(C)C)cc1. The highest BCUT2D eigenvalue weighted by Gasteiger charge is 1.98. The summed E-state index contributed by atoms with van der Waals surface area (Å²) in [6.07, 6.45) is 1.77. The standard InChI is InChI=1S/C15H23N3S/c1-11(2)9-16-15(19)18-17-10-13-5-7-14(8-6-13)12(3)4/h5-8,10-12H,9H2,1-4H3,(H2,16,18,19)/b17-10+. The highest BCUT2D eigenvalue weighted by atomic mass is 32.1. The summed E-state index contributed by atoms with van der Waals surface area (Å²) in [5.74, 6) is 1.12. The lowest BCUT2D eigenvalue weighted by atomic mass is 10.0. The molecule has 4 heteroatoms. The van der Waals surface area contributed by atoms with E-state index >= 15 is 0 Å². The Labute approximate surface area is 121 Å². The fraction of sp³-hybridized carbons (Fsp3) is 0.467. The highest BCUT2D eigenvalue weighted by molar-refractivity contribution is 7.80. The Kier molecular flexibility index (Phi) is 6.50. The second-order valence-electron chi connectivity index (χ2n) is 5.30. The fourth-order valence-corrected chi connectivity index (χ4v) is 1.60. The monoisotopic (exact) mass is 277 g/mol. The zero-order valence-corrected chi connectivity index (χ0v) is 12.9. The second-order valence-corrected chi connectivity index (χ2v) is 5.70. The molecule has 0 amide bonds. The van der Waals surface area contributed by atoms with E-state index in [0.29, 0.717) is 16.9 Å². The molecule has 0 saturated heterocycles. The van der Waals surface area contributed by atoms with Crippen LogP contribution in [0.3, 0.4) is 0 Å². The maximum atomic E-state index is 5.11. The van der Waals surface area contributed by atoms with Gasteiger partial charge in [0, 0.05) is 6.54 Å². The van der Waals surface area contributed by atoms with Gasteiger partial charge in [-0.05, 0) is 35.2 Å². The Morgan fingerprint density at radius 3 is 2.37 bits per heavy atom. The lowest BCUT2D eigenvalue weighted by Gasteiger charge is -2.08. The van der Waals surface area contributed by atoms with Gasteiger partial charge in [0.1, 0.15) is 0 Å². The number of nitrogens with zero attached hydrogens (tertiary/aromatic N) is 1. The van der Waals surface area contributed by atoms with Crippen LogP contribution in [-0.4, -0.2) is 17.9 Å². The van der Waals surface area contributed by atoms with Gasteiger partial charge in [-0.3, -0.25) is 5.43 Å². The van der Waals surface area contributed by atoms with E-state index in [4.69, 9.17) is 12.2 Å². The van der Waals surface area contributed by atoms with Crippen molar-refractivity contribution in [2.45, 2.75) is 33.6 Å². The number of hydrazone groups is 1. The third-order valence-electron chi connectivity index (χ3n) is 2.65. The van der Waals surface area contributed by atoms with Crippen LogP contribution >= 0.6 is 12.2 Å². The van der Waals surface area contributed by atoms with Crippen molar-refractivity contribution in [2.75, 3.05) is 6.54 Å². The first-order valence-corrected chi connectivity index (χ1v) is 7.06. The van der Waals surface area contributed by atoms with Gasteiger partial charge in [0.15, 0.2) is 5.11 Å². The van der Waals surface area contributed by atoms with Gasteiger partial charge in [0.2, 0.25) is 0 Å². The van der Waals surface area contributed by atoms with Crippen LogP contribution < -0.4 is 10.7 Å². The van der Waals surface area contributed by atoms with Crippen molar-refractivity contribution < 1.29 is 0 Å². The van der Waals surface area contributed by atoms with E-state index in [1.165, 1.54) is 5.56 Å². The first kappa shape index (κ1) is 15.6. The smallest absolute Gasteiger partial charge is 0.186 e. The van der Waals surface area contributed by atoms with Crippen molar-refractivity contribution in [3.05, 3.63) is 35.4 Å². The number of hydrogen-bond acceptors (Lipinski definition) is 2. The van der Waals surface area contributed by atoms with Crippen molar-refractivity contribution in [2.24, 2.45) is 11.0 Å². The number of thiocarbonyl (C=S) groups is 1. The van der Waals surface area contributed by atoms with Crippen LogP contribution in [0.2, 0.25) is 0 Å². The molecule has 104 valence electrons. The molecule has 0 aliphatic carbocycles. The molecule has 0 unspecified atom stereocenters. The van der Waals surface area contributed by atoms with Crippen molar-refractivity contribution in [3.63, 3.8) is 0 Å². The maximum absolute atomic E-state index is 5.11. The predicted octanol–water partition coefficient (Wildman–Crippen LogP) is 3.26. The lowest BCUT2D eigenvalue weighted by Crippen LogP contribution is -2.34. The molecule has 0 bridgehead atoms. The van der Waals surface area contributed by atoms with Crippen LogP contribution in [0.25, 0.3) is 0 Å². The second kappa shape index (κ2) is 7.89. The molecule has 0 aliphatic rings. The molecule has 0 fully saturated rings. The molecule has 1 rings (SSSR count). The number of rotatable bonds is 5. The van der Waals surface area contributed by atoms with E-state index < -0.39 is 0 Å². The summed E-state index contributed by atoms with van der Waals surface area (Å²) in [5, 5.41) is 7.77. The average Bonchev–Trinajstić information content (AvgIpc) is 2.37. The van der Waals surface area contributed by atoms with Crippen molar-refractivity contribution in [3.8, 4) is 0 Å². The average molecular weight is 277 g/mol. The van der Waals surface area contributed by atoms with Crippen LogP contribution in [0.5, 0.6) is 0 Å². The van der Waals surface area contributed by atoms with Gasteiger partial charge in [-0.2, -0.15) is 5.10 Å². The molecule has 1 aromatic rings. The predicted molar refractivity (Wildman–Crippen MR) is 86.7 cm³/mol. The van der Waals surface area contributed by atoms with Gasteiger partial charge in [-0.15, -0.1) is 0 Å². The third kappa shape index (κ3) is 6.34. The van der Waals surface area contributed by atoms with Gasteiger partial charge in [-0.25, -0.2) is 0 Å². The summed E-state index contributed by atoms with van der Waals surface area (Å²) < 4.78 is 0. The van der Waals surface area contributed by atoms with E-state index in [2.05, 4.69) is 67.8 Å². The normalized spacial score (nSPS) is 11.3. The zero-order chi connectivity index (χ0) is 14.3. The Bertz CT molecular complexity index is 422. The van der Waals surface area contributed by atoms with E-state index in [0.717, 1.165) is 12.1 Å². The van der Waals surface area contributed by atoms with E-state index in [-0.39, 0.29) is 0 Å². The first-order chi connectivity index (χ1) is 8.99. The fourth-order valence-electron chi connectivity index (χ4n) is 1.47. The van der Waals surface area contributed by atoms with Crippen LogP contribution in [0, 0.1) is 5.92 Å². The van der Waals surface area contributed by atoms with Crippen LogP contribution in [0.1, 0.15) is 44.7 Å². The van der Waals surface area contributed by atoms with Gasteiger partial charge in [-0.1, -0.05) is 52.0 Å². The Hall–Kier alpha value is -1.42. The number of benzene rings is 1. The van der Waals surface area contributed by atoms with Crippen LogP contribution in [0.4, 0.5) is 0 Å². The van der Waals surface area contributed by atoms with Crippen molar-refractivity contribution >= 4 is 23.5 Å². The minimum absolute atomic E-state index is 0.553. The third-order valence-corrected chi connectivity index (χ3v) is 2.89. The zero-order valence-electron chi connectivity index (χ0n) is 12.1. The largest absolute Gasteiger partial charge is 0.361 e. The first-order valence-electron chi connectivity index (χ1n) is 6.66. The molecule has 1 aromatic carbocycles. The van der Waals surface area contributed by atoms with E-state index in [1.54, 1.807) is 6.21 Å². The number of hydrogen-bond donors (Lipinski definition) is 2. The summed E-state index contributed by atoms with van der Waals surface area (Å²) >= 11 is 5.11. The quantitative estimate of drug-likeness (QED) is 0.493. The molecule has 0 atom stereocenters. The van der Waals surface area contributed by atoms with Gasteiger partial charge < -0.3 is 5.32 Å². The lowest BCUT2D eigenvalue weighted by molar-refractivity contribution is 0.621. The number of nitrogens with one attached hydrogen (secondary N) is 2. The molecule has 2 N–H and O–H groups in total. The summed E-state index contributed by atoms with van der Waals surface area (Å²) in [6, 6.07) is 8.37. The molecule has 0 radical (unpaired) electrons. The van der Waals surface area contributed by atoms with Crippen LogP contribution in [-0.2, 0) is 0 Å². The van der Waals surface area contributed by atoms with E-state index in [1.807, 2.05) is 0 Å². The summed E-state index contributed by atoms with van der Waals surface area (Å²) in [5.41, 5.74) is 5.21. The molecule has 0 aliphatic heterocycles. The molecule has 0 spiro atoms. The van der Waals surface area contributed by atoms with E-state index in [9.17, 15) is 0 Å². The molecular formula is C15H23N3S. The van der Waals surface area contributed by atoms with Gasteiger partial charge in [0.05, 0.1) is 6.21 Å². The summed E-state index contributed by atoms with van der Waals surface area (Å²) in [6.45, 7) is 9.49. The highest BCUT2D eigenvalue weighted by Crippen LogP contribution is 2.13. The molecule has 19 heavy (non-hydrogen) atoms. The molecular weight excluding hydrogens is 254 g/mol. The topological polar surface area (TPSA) is 36.4 Å². The maximum Gasteiger partial charge on any atom is 0.186 e. The van der Waals surface area contributed by atoms with Crippen molar-refractivity contribution in [1.82, 2.24) is 10.7 Å². The Morgan fingerprint density at radius 1 is 1.21 bits per heavy atom. The van der Waals surface area contributed by atoms with Crippen LogP contribution in [0.15, 0.2) is 29.4 Å². The molecule has 3 nitrogen and oxygen atoms in total.